The van der Waals surface area contributed by atoms with Crippen LogP contribution in [-0.4, -0.2) is 67.5 Å². The lowest BCUT2D eigenvalue weighted by atomic mass is 9.84. The van der Waals surface area contributed by atoms with E-state index in [2.05, 4.69) is 26.0 Å². The molecule has 0 fully saturated rings. The van der Waals surface area contributed by atoms with Gasteiger partial charge in [-0.05, 0) is 57.9 Å². The van der Waals surface area contributed by atoms with E-state index in [1.807, 2.05) is 0 Å². The van der Waals surface area contributed by atoms with Crippen LogP contribution in [0.1, 0.15) is 66.2 Å². The van der Waals surface area contributed by atoms with Gasteiger partial charge in [-0.2, -0.15) is 8.42 Å². The van der Waals surface area contributed by atoms with Crippen LogP contribution >= 0.6 is 0 Å². The highest BCUT2D eigenvalue weighted by Crippen LogP contribution is 2.24. The van der Waals surface area contributed by atoms with Crippen molar-refractivity contribution in [1.29, 1.82) is 0 Å². The molecule has 0 radical (unpaired) electrons. The summed E-state index contributed by atoms with van der Waals surface area (Å²) in [6.45, 7) is 6.82. The van der Waals surface area contributed by atoms with Crippen molar-refractivity contribution < 1.29 is 32.1 Å². The first-order valence-corrected chi connectivity index (χ1v) is 13.8. The van der Waals surface area contributed by atoms with Gasteiger partial charge in [-0.25, -0.2) is 0 Å². The predicted molar refractivity (Wildman–Crippen MR) is 137 cm³/mol. The number of rotatable bonds is 19. The lowest BCUT2D eigenvalue weighted by molar-refractivity contribution is -0.130. The Bertz CT molecular complexity index is 934. The van der Waals surface area contributed by atoms with Crippen molar-refractivity contribution in [3.8, 4) is 0 Å². The molecule has 0 aliphatic heterocycles. The first-order valence-electron chi connectivity index (χ1n) is 12.2. The van der Waals surface area contributed by atoms with Gasteiger partial charge in [0, 0.05) is 35.8 Å². The first kappa shape index (κ1) is 34.1. The van der Waals surface area contributed by atoms with Gasteiger partial charge in [-0.3, -0.25) is 23.7 Å². The maximum Gasteiger partial charge on any atom is 0.267 e. The number of carbonyl (C=O) groups excluding carboxylic acids is 4. The van der Waals surface area contributed by atoms with Gasteiger partial charge in [0.15, 0.2) is 0 Å². The molecule has 0 aromatic rings. The van der Waals surface area contributed by atoms with Crippen LogP contribution < -0.4 is 21.7 Å². The zero-order chi connectivity index (χ0) is 28.6. The van der Waals surface area contributed by atoms with Crippen molar-refractivity contribution in [1.82, 2.24) is 16.0 Å². The van der Waals surface area contributed by atoms with E-state index >= 15 is 0 Å². The molecule has 0 aromatic heterocycles. The third-order valence-electron chi connectivity index (χ3n) is 5.68. The Balaban J connectivity index is 4.96. The molecule has 0 rings (SSSR count). The number of hydrogen-bond donors (Lipinski definition) is 5. The van der Waals surface area contributed by atoms with E-state index in [0.29, 0.717) is 38.8 Å². The number of azide groups is 1. The lowest BCUT2D eigenvalue weighted by Gasteiger charge is -2.29. The summed E-state index contributed by atoms with van der Waals surface area (Å²) in [4.78, 5) is 51.3. The highest BCUT2D eigenvalue weighted by atomic mass is 32.2. The molecule has 3 atom stereocenters. The molecule has 0 spiro atoms. The fraction of sp³-hybridized carbons (Fsp3) is 0.818. The Labute approximate surface area is 218 Å². The Kier molecular flexibility index (Phi) is 15.5. The van der Waals surface area contributed by atoms with Gasteiger partial charge in [-0.15, -0.1) is 0 Å². The number of nitrogens with one attached hydrogen (secondary N) is 3. The quantitative estimate of drug-likeness (QED) is 0.0517. The monoisotopic (exact) mass is 547 g/mol. The highest BCUT2D eigenvalue weighted by Gasteiger charge is 2.32. The van der Waals surface area contributed by atoms with E-state index in [0.717, 1.165) is 0 Å². The molecule has 0 saturated heterocycles. The molecular weight excluding hydrogens is 506 g/mol. The number of hydrogen-bond acceptors (Lipinski definition) is 7. The van der Waals surface area contributed by atoms with Crippen molar-refractivity contribution >= 4 is 33.7 Å². The van der Waals surface area contributed by atoms with Crippen LogP contribution in [0, 0.1) is 17.8 Å². The van der Waals surface area contributed by atoms with Crippen LogP contribution in [0.15, 0.2) is 5.11 Å². The fourth-order valence-electron chi connectivity index (χ4n) is 3.75. The second kappa shape index (κ2) is 16.8. The zero-order valence-electron chi connectivity index (χ0n) is 22.0. The summed E-state index contributed by atoms with van der Waals surface area (Å²) in [5.41, 5.74) is 12.3. The van der Waals surface area contributed by atoms with Crippen molar-refractivity contribution in [2.24, 2.45) is 28.6 Å². The minimum Gasteiger partial charge on any atom is -0.369 e. The minimum absolute atomic E-state index is 0.130. The summed E-state index contributed by atoms with van der Waals surface area (Å²) in [6, 6.07) is 0. The number of nitrogens with zero attached hydrogens (tertiary/aromatic N) is 3. The summed E-state index contributed by atoms with van der Waals surface area (Å²) in [5.74, 6) is -4.28. The molecule has 0 heterocycles. The van der Waals surface area contributed by atoms with E-state index in [1.54, 1.807) is 13.8 Å². The van der Waals surface area contributed by atoms with Crippen molar-refractivity contribution in [2.45, 2.75) is 71.8 Å². The van der Waals surface area contributed by atoms with Crippen LogP contribution in [0.5, 0.6) is 0 Å². The molecule has 0 aliphatic carbocycles. The summed E-state index contributed by atoms with van der Waals surface area (Å²) >= 11 is 0. The molecule has 37 heavy (non-hydrogen) atoms. The number of unbranched alkanes of at least 4 members (excludes halogenated alkanes) is 2. The number of carbonyl (C=O) groups is 4. The Morgan fingerprint density at radius 2 is 1.62 bits per heavy atom. The molecular formula is C22H41N7O7S. The SMILES string of the molecule is CCC(CC(CC(C)C(N)=O)C(=O)NCCCCCNC(=O)CN=[N+]=[N-])C(=O)NC(C)(C)CS(=O)(=O)O. The normalized spacial score (nSPS) is 14.0. The van der Waals surface area contributed by atoms with Crippen molar-refractivity contribution in [3.63, 3.8) is 0 Å². The molecule has 4 amide bonds. The summed E-state index contributed by atoms with van der Waals surface area (Å²) < 4.78 is 31.6. The maximum atomic E-state index is 12.9. The molecule has 212 valence electrons. The molecule has 0 saturated carbocycles. The zero-order valence-corrected chi connectivity index (χ0v) is 22.8. The van der Waals surface area contributed by atoms with Crippen molar-refractivity contribution in [2.75, 3.05) is 25.4 Å². The average molecular weight is 548 g/mol. The molecule has 0 aromatic carbocycles. The molecule has 6 N–H and O–H groups in total. The minimum atomic E-state index is -4.32. The smallest absolute Gasteiger partial charge is 0.267 e. The topological polar surface area (TPSA) is 234 Å². The largest absolute Gasteiger partial charge is 0.369 e. The van der Waals surface area contributed by atoms with E-state index in [-0.39, 0.29) is 31.2 Å². The van der Waals surface area contributed by atoms with Gasteiger partial charge in [0.1, 0.15) is 6.54 Å². The van der Waals surface area contributed by atoms with Gasteiger partial charge in [0.2, 0.25) is 23.6 Å². The predicted octanol–water partition coefficient (Wildman–Crippen LogP) is 1.03. The molecule has 14 nitrogen and oxygen atoms in total. The molecule has 3 unspecified atom stereocenters. The van der Waals surface area contributed by atoms with Crippen LogP contribution in [0.3, 0.4) is 0 Å². The summed E-state index contributed by atoms with van der Waals surface area (Å²) in [5, 5.41) is 11.2. The number of nitrogens with two attached hydrogens (primary N) is 1. The molecule has 0 aliphatic rings. The van der Waals surface area contributed by atoms with Gasteiger partial charge in [0.25, 0.3) is 10.1 Å². The van der Waals surface area contributed by atoms with Crippen LogP contribution in [0.25, 0.3) is 10.4 Å². The third-order valence-corrected chi connectivity index (χ3v) is 6.77. The van der Waals surface area contributed by atoms with Gasteiger partial charge >= 0.3 is 0 Å². The average Bonchev–Trinajstić information content (AvgIpc) is 2.76. The third kappa shape index (κ3) is 16.5. The Morgan fingerprint density at radius 3 is 2.14 bits per heavy atom. The highest BCUT2D eigenvalue weighted by molar-refractivity contribution is 7.85. The number of amides is 4. The Morgan fingerprint density at radius 1 is 1.03 bits per heavy atom. The molecule has 15 heteroatoms. The van der Waals surface area contributed by atoms with E-state index in [4.69, 9.17) is 15.8 Å². The van der Waals surface area contributed by atoms with Gasteiger partial charge in [-0.1, -0.05) is 19.0 Å². The van der Waals surface area contributed by atoms with E-state index < -0.39 is 51.0 Å². The number of primary amides is 1. The summed E-state index contributed by atoms with van der Waals surface area (Å²) in [7, 11) is -4.32. The van der Waals surface area contributed by atoms with E-state index in [9.17, 15) is 27.6 Å². The summed E-state index contributed by atoms with van der Waals surface area (Å²) in [6.07, 6.45) is 2.66. The molecule has 0 bridgehead atoms. The van der Waals surface area contributed by atoms with Crippen LogP contribution in [0.4, 0.5) is 0 Å². The van der Waals surface area contributed by atoms with Crippen LogP contribution in [0.2, 0.25) is 0 Å². The maximum absolute atomic E-state index is 12.9. The van der Waals surface area contributed by atoms with Gasteiger partial charge < -0.3 is 21.7 Å². The standard InChI is InChI=1S/C22H41N7O7S/c1-5-16(21(33)28-22(3,4)14-37(34,35)36)12-17(11-15(2)19(23)31)20(32)26-10-8-6-7-9-25-18(30)13-27-29-24/h15-17H,5-14H2,1-4H3,(H2,23,31)(H,25,30)(H,26,32)(H,28,33)(H,34,35,36). The second-order valence-electron chi connectivity index (χ2n) is 9.77. The fourth-order valence-corrected chi connectivity index (χ4v) is 4.73. The van der Waals surface area contributed by atoms with Crippen molar-refractivity contribution in [3.05, 3.63) is 10.4 Å². The van der Waals surface area contributed by atoms with Gasteiger partial charge in [0.05, 0.1) is 11.3 Å². The second-order valence-corrected chi connectivity index (χ2v) is 11.2. The van der Waals surface area contributed by atoms with E-state index in [1.165, 1.54) is 13.8 Å². The lowest BCUT2D eigenvalue weighted by Crippen LogP contribution is -2.50. The van der Waals surface area contributed by atoms with Crippen LogP contribution in [-0.2, 0) is 29.3 Å². The first-order chi connectivity index (χ1) is 17.1. The Hall–Kier alpha value is -2.90.